The lowest BCUT2D eigenvalue weighted by atomic mass is 10.3. The molecule has 146 valence electrons. The number of hydrogen-bond donors (Lipinski definition) is 0. The van der Waals surface area contributed by atoms with Crippen LogP contribution >= 0.6 is 35.3 Å². The van der Waals surface area contributed by atoms with Gasteiger partial charge in [-0.2, -0.15) is 5.10 Å². The average molecular weight is 428 g/mol. The normalized spacial score (nSPS) is 11.0. The number of aryl methyl sites for hydroxylation is 1. The summed E-state index contributed by atoms with van der Waals surface area (Å²) >= 11 is 7.75. The number of fused-ring (bicyclic) bond motifs is 1. The van der Waals surface area contributed by atoms with Crippen LogP contribution < -0.4 is 4.90 Å². The van der Waals surface area contributed by atoms with Gasteiger partial charge in [0.1, 0.15) is 11.2 Å². The summed E-state index contributed by atoms with van der Waals surface area (Å²) in [6, 6.07) is 7.45. The van der Waals surface area contributed by atoms with Crippen LogP contribution in [0, 0.1) is 0 Å². The van der Waals surface area contributed by atoms with Gasteiger partial charge < -0.3 is 4.90 Å². The Balaban J connectivity index is 0.00000261. The maximum Gasteiger partial charge on any atom is 0.278 e. The molecule has 27 heavy (non-hydrogen) atoms. The van der Waals surface area contributed by atoms with Crippen molar-refractivity contribution < 1.29 is 4.79 Å². The molecule has 3 aromatic rings. The molecule has 0 bridgehead atoms. The zero-order chi connectivity index (χ0) is 18.7. The Morgan fingerprint density at radius 1 is 1.26 bits per heavy atom. The second kappa shape index (κ2) is 9.50. The number of para-hydroxylation sites is 1. The first-order valence-electron chi connectivity index (χ1n) is 8.54. The van der Waals surface area contributed by atoms with Crippen LogP contribution in [0.2, 0.25) is 5.02 Å². The molecule has 9 heteroatoms. The van der Waals surface area contributed by atoms with Crippen molar-refractivity contribution in [3.05, 3.63) is 41.2 Å². The zero-order valence-corrected chi connectivity index (χ0v) is 17.9. The van der Waals surface area contributed by atoms with E-state index in [1.165, 1.54) is 11.3 Å². The van der Waals surface area contributed by atoms with Gasteiger partial charge in [0.25, 0.3) is 5.91 Å². The highest BCUT2D eigenvalue weighted by molar-refractivity contribution is 7.22. The van der Waals surface area contributed by atoms with Crippen molar-refractivity contribution in [2.45, 2.75) is 19.9 Å². The number of benzene rings is 1. The van der Waals surface area contributed by atoms with Crippen LogP contribution in [0.1, 0.15) is 23.8 Å². The van der Waals surface area contributed by atoms with Crippen molar-refractivity contribution in [1.82, 2.24) is 19.7 Å². The fraction of sp³-hybridized carbons (Fsp3) is 0.389. The first-order chi connectivity index (χ1) is 12.5. The molecule has 0 aliphatic heterocycles. The minimum atomic E-state index is -0.0849. The molecule has 1 aromatic carbocycles. The van der Waals surface area contributed by atoms with Gasteiger partial charge in [-0.3, -0.25) is 14.4 Å². The molecule has 2 aromatic heterocycles. The Hall–Kier alpha value is -1.67. The summed E-state index contributed by atoms with van der Waals surface area (Å²) in [4.78, 5) is 21.7. The van der Waals surface area contributed by atoms with Crippen molar-refractivity contribution in [2.75, 3.05) is 32.1 Å². The molecule has 0 spiro atoms. The number of aromatic nitrogens is 3. The molecule has 0 saturated heterocycles. The standard InChI is InChI=1S/C18H22ClN5OS.ClH/c1-4-24-14(9-10-20-24)17(25)23(12-6-11-22(2)3)18-21-16-13(19)7-5-8-15(16)26-18;/h5,7-10H,4,6,11-12H2,1-3H3;1H. The summed E-state index contributed by atoms with van der Waals surface area (Å²) in [6.07, 6.45) is 2.51. The monoisotopic (exact) mass is 427 g/mol. The minimum Gasteiger partial charge on any atom is -0.309 e. The molecule has 0 atom stereocenters. The van der Waals surface area contributed by atoms with Gasteiger partial charge in [0, 0.05) is 19.3 Å². The van der Waals surface area contributed by atoms with Crippen molar-refractivity contribution >= 4 is 56.6 Å². The van der Waals surface area contributed by atoms with Crippen LogP contribution in [0.25, 0.3) is 10.2 Å². The molecule has 0 N–H and O–H groups in total. The maximum absolute atomic E-state index is 13.2. The highest BCUT2D eigenvalue weighted by atomic mass is 35.5. The highest BCUT2D eigenvalue weighted by Gasteiger charge is 2.24. The highest BCUT2D eigenvalue weighted by Crippen LogP contribution is 2.33. The van der Waals surface area contributed by atoms with Gasteiger partial charge in [-0.1, -0.05) is 29.0 Å². The SMILES string of the molecule is CCn1nccc1C(=O)N(CCCN(C)C)c1nc2c(Cl)cccc2s1.Cl. The van der Waals surface area contributed by atoms with E-state index in [1.807, 2.05) is 39.2 Å². The molecule has 0 aliphatic rings. The molecule has 3 rings (SSSR count). The second-order valence-electron chi connectivity index (χ2n) is 6.23. The van der Waals surface area contributed by atoms with Crippen molar-refractivity contribution in [1.29, 1.82) is 0 Å². The van der Waals surface area contributed by atoms with Crippen molar-refractivity contribution in [3.8, 4) is 0 Å². The summed E-state index contributed by atoms with van der Waals surface area (Å²) in [5.74, 6) is -0.0849. The van der Waals surface area contributed by atoms with Gasteiger partial charge in [0.05, 0.1) is 9.72 Å². The maximum atomic E-state index is 13.2. The van der Waals surface area contributed by atoms with Crippen LogP contribution in [0.15, 0.2) is 30.5 Å². The Kier molecular flexibility index (Phi) is 7.61. The van der Waals surface area contributed by atoms with E-state index in [-0.39, 0.29) is 18.3 Å². The number of amides is 1. The summed E-state index contributed by atoms with van der Waals surface area (Å²) < 4.78 is 2.68. The third-order valence-electron chi connectivity index (χ3n) is 4.06. The number of hydrogen-bond acceptors (Lipinski definition) is 5. The molecule has 0 saturated carbocycles. The Morgan fingerprint density at radius 3 is 2.70 bits per heavy atom. The van der Waals surface area contributed by atoms with E-state index in [2.05, 4.69) is 15.0 Å². The van der Waals surface area contributed by atoms with E-state index in [1.54, 1.807) is 21.8 Å². The third kappa shape index (κ3) is 4.79. The lowest BCUT2D eigenvalue weighted by molar-refractivity contribution is 0.0975. The van der Waals surface area contributed by atoms with Crippen molar-refractivity contribution in [3.63, 3.8) is 0 Å². The van der Waals surface area contributed by atoms with Gasteiger partial charge in [-0.25, -0.2) is 4.98 Å². The first-order valence-corrected chi connectivity index (χ1v) is 9.74. The predicted molar refractivity (Wildman–Crippen MR) is 115 cm³/mol. The van der Waals surface area contributed by atoms with Gasteiger partial charge in [-0.15, -0.1) is 12.4 Å². The molecule has 0 fully saturated rings. The first kappa shape index (κ1) is 21.6. The summed E-state index contributed by atoms with van der Waals surface area (Å²) in [6.45, 7) is 4.09. The molecule has 2 heterocycles. The van der Waals surface area contributed by atoms with Gasteiger partial charge >= 0.3 is 0 Å². The Labute approximate surface area is 174 Å². The van der Waals surface area contributed by atoms with Gasteiger partial charge in [-0.05, 0) is 52.2 Å². The third-order valence-corrected chi connectivity index (χ3v) is 5.41. The number of thiazole rings is 1. The summed E-state index contributed by atoms with van der Waals surface area (Å²) in [5.41, 5.74) is 1.31. The number of carbonyl (C=O) groups excluding carboxylic acids is 1. The number of halogens is 2. The smallest absolute Gasteiger partial charge is 0.278 e. The van der Waals surface area contributed by atoms with E-state index >= 15 is 0 Å². The average Bonchev–Trinajstić information content (AvgIpc) is 3.25. The van der Waals surface area contributed by atoms with E-state index in [4.69, 9.17) is 11.6 Å². The Bertz CT molecular complexity index is 908. The zero-order valence-electron chi connectivity index (χ0n) is 15.6. The largest absolute Gasteiger partial charge is 0.309 e. The number of carbonyl (C=O) groups is 1. The van der Waals surface area contributed by atoms with Gasteiger partial charge in [0.15, 0.2) is 5.13 Å². The van der Waals surface area contributed by atoms with E-state index < -0.39 is 0 Å². The fourth-order valence-electron chi connectivity index (χ4n) is 2.75. The minimum absolute atomic E-state index is 0. The van der Waals surface area contributed by atoms with Crippen LogP contribution in [0.4, 0.5) is 5.13 Å². The molecule has 0 radical (unpaired) electrons. The lowest BCUT2D eigenvalue weighted by Gasteiger charge is -2.21. The van der Waals surface area contributed by atoms with E-state index in [9.17, 15) is 4.79 Å². The fourth-order valence-corrected chi connectivity index (χ4v) is 4.04. The second-order valence-corrected chi connectivity index (χ2v) is 7.65. The van der Waals surface area contributed by atoms with Gasteiger partial charge in [0.2, 0.25) is 0 Å². The summed E-state index contributed by atoms with van der Waals surface area (Å²) in [5, 5.41) is 5.49. The predicted octanol–water partition coefficient (Wildman–Crippen LogP) is 4.19. The molecule has 0 aliphatic carbocycles. The topological polar surface area (TPSA) is 54.3 Å². The van der Waals surface area contributed by atoms with Crippen molar-refractivity contribution in [2.24, 2.45) is 0 Å². The lowest BCUT2D eigenvalue weighted by Crippen LogP contribution is -2.34. The number of anilines is 1. The molecule has 6 nitrogen and oxygen atoms in total. The van der Waals surface area contributed by atoms with E-state index in [0.717, 1.165) is 23.2 Å². The van der Waals surface area contributed by atoms with Crippen LogP contribution in [-0.4, -0.2) is 52.8 Å². The molecular formula is C18H23Cl2N5OS. The van der Waals surface area contributed by atoms with E-state index in [0.29, 0.717) is 28.9 Å². The molecule has 0 unspecified atom stereocenters. The Morgan fingerprint density at radius 2 is 2.04 bits per heavy atom. The number of nitrogens with zero attached hydrogens (tertiary/aromatic N) is 5. The van der Waals surface area contributed by atoms with Crippen LogP contribution in [-0.2, 0) is 6.54 Å². The van der Waals surface area contributed by atoms with Crippen LogP contribution in [0.5, 0.6) is 0 Å². The molecule has 1 amide bonds. The summed E-state index contributed by atoms with van der Waals surface area (Å²) in [7, 11) is 4.05. The number of rotatable bonds is 7. The molecular weight excluding hydrogens is 405 g/mol. The quantitative estimate of drug-likeness (QED) is 0.567. The van der Waals surface area contributed by atoms with Crippen LogP contribution in [0.3, 0.4) is 0 Å².